The third-order valence-corrected chi connectivity index (χ3v) is 7.03. The van der Waals surface area contributed by atoms with Gasteiger partial charge in [-0.1, -0.05) is 39.0 Å². The fourth-order valence-electron chi connectivity index (χ4n) is 5.77. The van der Waals surface area contributed by atoms with Crippen LogP contribution in [-0.2, 0) is 10.2 Å². The van der Waals surface area contributed by atoms with Crippen LogP contribution in [0.4, 0.5) is 4.39 Å². The van der Waals surface area contributed by atoms with E-state index in [9.17, 15) is 9.18 Å². The lowest BCUT2D eigenvalue weighted by Gasteiger charge is -2.48. The summed E-state index contributed by atoms with van der Waals surface area (Å²) in [4.78, 5) is 17.5. The first-order valence-electron chi connectivity index (χ1n) is 11.1. The molecule has 0 amide bonds. The first-order chi connectivity index (χ1) is 15.3. The van der Waals surface area contributed by atoms with Crippen LogP contribution in [0.3, 0.4) is 0 Å². The van der Waals surface area contributed by atoms with Gasteiger partial charge in [0.05, 0.1) is 17.3 Å². The lowest BCUT2D eigenvalue weighted by molar-refractivity contribution is -0.119. The molecule has 0 saturated carbocycles. The smallest absolute Gasteiger partial charge is 0.165 e. The minimum absolute atomic E-state index is 0.115. The molecular weight excluding hydrogens is 403 g/mol. The molecule has 1 aliphatic carbocycles. The van der Waals surface area contributed by atoms with Crippen LogP contribution in [0.1, 0.15) is 52.5 Å². The van der Waals surface area contributed by atoms with E-state index < -0.39 is 5.41 Å². The molecule has 2 atom stereocenters. The van der Waals surface area contributed by atoms with E-state index in [1.165, 1.54) is 6.20 Å². The molecule has 2 aliphatic heterocycles. The number of benzene rings is 1. The molecule has 164 valence electrons. The van der Waals surface area contributed by atoms with Crippen LogP contribution in [-0.4, -0.2) is 16.9 Å². The second kappa shape index (κ2) is 7.19. The third kappa shape index (κ3) is 2.96. The summed E-state index contributed by atoms with van der Waals surface area (Å²) in [6.07, 6.45) is 4.52. The van der Waals surface area contributed by atoms with Crippen molar-refractivity contribution in [2.24, 2.45) is 15.6 Å². The van der Waals surface area contributed by atoms with Crippen LogP contribution in [0.15, 0.2) is 75.5 Å². The Kier molecular flexibility index (Phi) is 4.66. The Hall–Kier alpha value is -3.15. The lowest BCUT2D eigenvalue weighted by atomic mass is 9.58. The number of hydrogen-bond acceptors (Lipinski definition) is 5. The van der Waals surface area contributed by atoms with Crippen LogP contribution >= 0.6 is 0 Å². The maximum atomic E-state index is 14.5. The minimum Gasteiger partial charge on any atom is -0.362 e. The number of hydrogen-bond donors (Lipinski definition) is 1. The molecule has 0 spiro atoms. The predicted molar refractivity (Wildman–Crippen MR) is 121 cm³/mol. The average molecular weight is 431 g/mol. The van der Waals surface area contributed by atoms with Gasteiger partial charge in [-0.05, 0) is 48.4 Å². The molecule has 0 saturated heterocycles. The number of carbonyl (C=O) groups excluding carboxylic acids is 1. The van der Waals surface area contributed by atoms with E-state index in [0.717, 1.165) is 40.1 Å². The van der Waals surface area contributed by atoms with Gasteiger partial charge in [0.2, 0.25) is 0 Å². The molecule has 32 heavy (non-hydrogen) atoms. The van der Waals surface area contributed by atoms with Crippen molar-refractivity contribution < 1.29 is 9.18 Å². The number of nitrogens with zero attached hydrogens (tertiary/aromatic N) is 3. The Bertz CT molecular complexity index is 1230. The Morgan fingerprint density at radius 1 is 1.22 bits per heavy atom. The van der Waals surface area contributed by atoms with Gasteiger partial charge in [0.15, 0.2) is 11.9 Å². The molecule has 3 aliphatic rings. The van der Waals surface area contributed by atoms with Gasteiger partial charge in [-0.3, -0.25) is 9.78 Å². The van der Waals surface area contributed by atoms with Gasteiger partial charge in [-0.2, -0.15) is 10.2 Å². The molecule has 1 aromatic heterocycles. The number of nitrogens with one attached hydrogen (secondary N) is 1. The van der Waals surface area contributed by atoms with E-state index in [4.69, 9.17) is 0 Å². The summed E-state index contributed by atoms with van der Waals surface area (Å²) < 4.78 is 14.5. The standard InChI is InChI=1S/C26H27FN4O/c1-5-26(17-8-6-7-16(11-17)18-9-10-28-14-19(18)27)22-15(2)30-31-24(22)29-20-12-25(3,4)13-21(32)23(20)26/h6-11,14,24,29H,5,12-13H2,1-4H3/t24?,26-/m1/s1. The Balaban J connectivity index is 1.78. The maximum Gasteiger partial charge on any atom is 0.165 e. The SMILES string of the molecule is CC[C@]1(c2cccc(-c3ccncc3F)c2)C2=C(CC(C)(C)CC2=O)NC2N=NC(C)=C21. The summed E-state index contributed by atoms with van der Waals surface area (Å²) in [6.45, 7) is 8.33. The van der Waals surface area contributed by atoms with Crippen molar-refractivity contribution in [3.05, 3.63) is 76.6 Å². The van der Waals surface area contributed by atoms with Gasteiger partial charge in [-0.25, -0.2) is 4.39 Å². The Labute approximate surface area is 187 Å². The third-order valence-electron chi connectivity index (χ3n) is 7.03. The highest BCUT2D eigenvalue weighted by molar-refractivity contribution is 6.01. The molecule has 3 heterocycles. The van der Waals surface area contributed by atoms with E-state index in [1.54, 1.807) is 12.3 Å². The van der Waals surface area contributed by atoms with Crippen molar-refractivity contribution in [3.63, 3.8) is 0 Å². The molecule has 5 rings (SSSR count). The van der Waals surface area contributed by atoms with E-state index >= 15 is 0 Å². The van der Waals surface area contributed by atoms with Gasteiger partial charge in [-0.15, -0.1) is 0 Å². The number of Topliss-reactive ketones (excluding diaryl/α,β-unsaturated/α-hetero) is 1. The molecule has 1 aromatic carbocycles. The molecular formula is C26H27FN4O. The van der Waals surface area contributed by atoms with E-state index in [0.29, 0.717) is 18.4 Å². The second-order valence-corrected chi connectivity index (χ2v) is 9.75. The normalized spacial score (nSPS) is 26.2. The summed E-state index contributed by atoms with van der Waals surface area (Å²) in [7, 11) is 0. The number of allylic oxidation sites excluding steroid dienone is 3. The lowest BCUT2D eigenvalue weighted by Crippen LogP contribution is -2.51. The Morgan fingerprint density at radius 2 is 2.03 bits per heavy atom. The van der Waals surface area contributed by atoms with E-state index in [1.807, 2.05) is 31.2 Å². The summed E-state index contributed by atoms with van der Waals surface area (Å²) in [5.41, 5.74) is 5.13. The van der Waals surface area contributed by atoms with Crippen molar-refractivity contribution in [3.8, 4) is 11.1 Å². The number of rotatable bonds is 3. The van der Waals surface area contributed by atoms with Crippen molar-refractivity contribution >= 4 is 5.78 Å². The number of ketones is 1. The molecule has 1 N–H and O–H groups in total. The average Bonchev–Trinajstić information content (AvgIpc) is 3.12. The monoisotopic (exact) mass is 430 g/mol. The van der Waals surface area contributed by atoms with Crippen molar-refractivity contribution in [2.75, 3.05) is 0 Å². The molecule has 2 aromatic rings. The van der Waals surface area contributed by atoms with Gasteiger partial charge in [0, 0.05) is 35.0 Å². The van der Waals surface area contributed by atoms with E-state index in [2.05, 4.69) is 41.3 Å². The highest BCUT2D eigenvalue weighted by atomic mass is 19.1. The fraction of sp³-hybridized carbons (Fsp3) is 0.385. The minimum atomic E-state index is -0.647. The maximum absolute atomic E-state index is 14.5. The van der Waals surface area contributed by atoms with Gasteiger partial charge in [0.25, 0.3) is 0 Å². The Morgan fingerprint density at radius 3 is 2.78 bits per heavy atom. The van der Waals surface area contributed by atoms with Gasteiger partial charge < -0.3 is 5.32 Å². The largest absolute Gasteiger partial charge is 0.362 e. The first kappa shape index (κ1) is 20.7. The number of fused-ring (bicyclic) bond motifs is 1. The second-order valence-electron chi connectivity index (χ2n) is 9.75. The van der Waals surface area contributed by atoms with E-state index in [-0.39, 0.29) is 23.2 Å². The fourth-order valence-corrected chi connectivity index (χ4v) is 5.77. The van der Waals surface area contributed by atoms with Crippen LogP contribution < -0.4 is 5.32 Å². The van der Waals surface area contributed by atoms with Crippen LogP contribution in [0.5, 0.6) is 0 Å². The number of carbonyl (C=O) groups is 1. The number of azo groups is 1. The molecule has 0 radical (unpaired) electrons. The number of halogens is 1. The molecule has 6 heteroatoms. The van der Waals surface area contributed by atoms with Crippen molar-refractivity contribution in [2.45, 2.75) is 58.5 Å². The number of aromatic nitrogens is 1. The first-order valence-corrected chi connectivity index (χ1v) is 11.1. The highest BCUT2D eigenvalue weighted by Gasteiger charge is 2.53. The highest BCUT2D eigenvalue weighted by Crippen LogP contribution is 2.55. The van der Waals surface area contributed by atoms with Crippen LogP contribution in [0, 0.1) is 11.2 Å². The zero-order valence-corrected chi connectivity index (χ0v) is 18.9. The molecule has 0 bridgehead atoms. The summed E-state index contributed by atoms with van der Waals surface area (Å²) in [6, 6.07) is 9.58. The summed E-state index contributed by atoms with van der Waals surface area (Å²) in [5.74, 6) is -0.202. The van der Waals surface area contributed by atoms with Gasteiger partial charge in [0.1, 0.15) is 5.82 Å². The molecule has 5 nitrogen and oxygen atoms in total. The molecule has 0 fully saturated rings. The summed E-state index contributed by atoms with van der Waals surface area (Å²) >= 11 is 0. The zero-order chi connectivity index (χ0) is 22.7. The number of pyridine rings is 1. The summed E-state index contributed by atoms with van der Waals surface area (Å²) in [5, 5.41) is 12.4. The quantitative estimate of drug-likeness (QED) is 0.664. The van der Waals surface area contributed by atoms with Crippen LogP contribution in [0.25, 0.3) is 11.1 Å². The van der Waals surface area contributed by atoms with Crippen LogP contribution in [0.2, 0.25) is 0 Å². The molecule has 1 unspecified atom stereocenters. The van der Waals surface area contributed by atoms with Gasteiger partial charge >= 0.3 is 0 Å². The van der Waals surface area contributed by atoms with Crippen molar-refractivity contribution in [1.82, 2.24) is 10.3 Å². The zero-order valence-electron chi connectivity index (χ0n) is 18.9. The van der Waals surface area contributed by atoms with Crippen molar-refractivity contribution in [1.29, 1.82) is 0 Å². The predicted octanol–water partition coefficient (Wildman–Crippen LogP) is 5.85. The topological polar surface area (TPSA) is 66.7 Å².